The average Bonchev–Trinajstić information content (AvgIpc) is 3.37. The molecule has 150 valence electrons. The second-order valence-electron chi connectivity index (χ2n) is 6.66. The maximum Gasteiger partial charge on any atom is 0.215 e. The lowest BCUT2D eigenvalue weighted by molar-refractivity contribution is -0.189. The highest BCUT2D eigenvalue weighted by Gasteiger charge is 2.45. The van der Waals surface area contributed by atoms with Crippen molar-refractivity contribution in [2.75, 3.05) is 13.2 Å². The summed E-state index contributed by atoms with van der Waals surface area (Å²) >= 11 is 12.5. The van der Waals surface area contributed by atoms with Crippen molar-refractivity contribution in [3.8, 4) is 5.75 Å². The molecular weight excluding hydrogens is 415 g/mol. The van der Waals surface area contributed by atoms with Crippen LogP contribution in [0.5, 0.6) is 5.75 Å². The number of hydrogen-bond acceptors (Lipinski definition) is 5. The van der Waals surface area contributed by atoms with E-state index in [1.165, 1.54) is 0 Å². The number of imidazole rings is 1. The Kier molecular flexibility index (Phi) is 5.87. The number of aldehydes is 1. The van der Waals surface area contributed by atoms with Gasteiger partial charge in [0.05, 0.1) is 24.5 Å². The van der Waals surface area contributed by atoms with Gasteiger partial charge in [-0.05, 0) is 36.4 Å². The lowest BCUT2D eigenvalue weighted by atomic mass is 10.1. The minimum Gasteiger partial charge on any atom is -0.491 e. The Hall–Kier alpha value is -2.38. The quantitative estimate of drug-likeness (QED) is 0.519. The van der Waals surface area contributed by atoms with Crippen LogP contribution < -0.4 is 4.74 Å². The van der Waals surface area contributed by atoms with Gasteiger partial charge >= 0.3 is 0 Å². The molecule has 6 nitrogen and oxygen atoms in total. The highest BCUT2D eigenvalue weighted by Crippen LogP contribution is 2.40. The van der Waals surface area contributed by atoms with Crippen molar-refractivity contribution in [1.82, 2.24) is 9.55 Å². The molecular formula is C21H18Cl2N2O4. The Morgan fingerprint density at radius 2 is 2.07 bits per heavy atom. The summed E-state index contributed by atoms with van der Waals surface area (Å²) in [5, 5.41) is 0.997. The fourth-order valence-corrected chi connectivity index (χ4v) is 3.76. The van der Waals surface area contributed by atoms with E-state index < -0.39 is 5.79 Å². The highest BCUT2D eigenvalue weighted by atomic mass is 35.5. The molecule has 0 bridgehead atoms. The van der Waals surface area contributed by atoms with E-state index in [4.69, 9.17) is 37.4 Å². The molecule has 0 amide bonds. The lowest BCUT2D eigenvalue weighted by Gasteiger charge is -2.30. The fraction of sp³-hybridized carbons (Fsp3) is 0.238. The van der Waals surface area contributed by atoms with Gasteiger partial charge in [0, 0.05) is 28.5 Å². The second-order valence-corrected chi connectivity index (χ2v) is 7.50. The van der Waals surface area contributed by atoms with Crippen molar-refractivity contribution in [2.24, 2.45) is 0 Å². The third-order valence-electron chi connectivity index (χ3n) is 4.60. The van der Waals surface area contributed by atoms with Gasteiger partial charge in [-0.2, -0.15) is 0 Å². The van der Waals surface area contributed by atoms with Crippen LogP contribution in [0.3, 0.4) is 0 Å². The Morgan fingerprint density at radius 1 is 1.24 bits per heavy atom. The van der Waals surface area contributed by atoms with Crippen LogP contribution in [-0.2, 0) is 21.8 Å². The molecule has 1 aliphatic heterocycles. The van der Waals surface area contributed by atoms with Gasteiger partial charge < -0.3 is 18.8 Å². The Labute approximate surface area is 177 Å². The van der Waals surface area contributed by atoms with Gasteiger partial charge in [-0.25, -0.2) is 4.98 Å². The van der Waals surface area contributed by atoms with Crippen molar-refractivity contribution < 1.29 is 19.0 Å². The van der Waals surface area contributed by atoms with E-state index in [-0.39, 0.29) is 12.7 Å². The lowest BCUT2D eigenvalue weighted by Crippen LogP contribution is -2.34. The monoisotopic (exact) mass is 432 g/mol. The Bertz CT molecular complexity index is 979. The number of nitrogens with zero attached hydrogens (tertiary/aromatic N) is 2. The Morgan fingerprint density at radius 3 is 2.76 bits per heavy atom. The molecule has 0 aliphatic carbocycles. The summed E-state index contributed by atoms with van der Waals surface area (Å²) in [6.07, 6.45) is 5.69. The van der Waals surface area contributed by atoms with Crippen molar-refractivity contribution in [3.05, 3.63) is 82.4 Å². The number of rotatable bonds is 7. The summed E-state index contributed by atoms with van der Waals surface area (Å²) in [7, 11) is 0. The third-order valence-corrected chi connectivity index (χ3v) is 5.15. The molecule has 8 heteroatoms. The van der Waals surface area contributed by atoms with Crippen LogP contribution in [0, 0.1) is 0 Å². The molecule has 0 spiro atoms. The average molecular weight is 433 g/mol. The molecule has 3 aromatic rings. The maximum atomic E-state index is 10.8. The van der Waals surface area contributed by atoms with Gasteiger partial charge in [0.1, 0.15) is 24.7 Å². The van der Waals surface area contributed by atoms with Crippen LogP contribution in [0.1, 0.15) is 15.9 Å². The zero-order chi connectivity index (χ0) is 20.3. The van der Waals surface area contributed by atoms with Gasteiger partial charge in [0.2, 0.25) is 5.79 Å². The molecule has 2 aromatic carbocycles. The van der Waals surface area contributed by atoms with E-state index >= 15 is 0 Å². The largest absolute Gasteiger partial charge is 0.491 e. The zero-order valence-corrected chi connectivity index (χ0v) is 16.8. The number of aromatic nitrogens is 2. The normalized spacial score (nSPS) is 21.2. The predicted molar refractivity (Wildman–Crippen MR) is 109 cm³/mol. The number of halogens is 2. The molecule has 1 fully saturated rings. The fourth-order valence-electron chi connectivity index (χ4n) is 3.21. The summed E-state index contributed by atoms with van der Waals surface area (Å²) in [6, 6.07) is 12.1. The number of carbonyl (C=O) groups is 1. The van der Waals surface area contributed by atoms with Crippen molar-refractivity contribution >= 4 is 29.5 Å². The second kappa shape index (κ2) is 8.55. The number of ether oxygens (including phenoxy) is 3. The van der Waals surface area contributed by atoms with Crippen molar-refractivity contribution in [1.29, 1.82) is 0 Å². The summed E-state index contributed by atoms with van der Waals surface area (Å²) in [5.41, 5.74) is 1.28. The first-order valence-electron chi connectivity index (χ1n) is 8.99. The standard InChI is InChI=1S/C21H18Cl2N2O4/c22-16-3-6-19(20(23)9-16)21(13-25-8-7-24-14-25)28-12-18(29-21)11-27-17-4-1-15(10-26)2-5-17/h1-10,14,18H,11-13H2. The summed E-state index contributed by atoms with van der Waals surface area (Å²) in [6.45, 7) is 0.996. The van der Waals surface area contributed by atoms with Crippen LogP contribution in [0.15, 0.2) is 61.2 Å². The summed E-state index contributed by atoms with van der Waals surface area (Å²) in [4.78, 5) is 14.9. The first kappa shape index (κ1) is 19.9. The molecule has 1 aliphatic rings. The molecule has 1 saturated heterocycles. The van der Waals surface area contributed by atoms with E-state index in [0.717, 1.165) is 6.29 Å². The molecule has 2 unspecified atom stereocenters. The number of hydrogen-bond donors (Lipinski definition) is 0. The molecule has 0 saturated carbocycles. The maximum absolute atomic E-state index is 10.8. The molecule has 0 radical (unpaired) electrons. The summed E-state index contributed by atoms with van der Waals surface area (Å²) in [5.74, 6) is -0.437. The van der Waals surface area contributed by atoms with Crippen LogP contribution in [0.2, 0.25) is 10.0 Å². The van der Waals surface area contributed by atoms with Crippen LogP contribution in [0.4, 0.5) is 0 Å². The topological polar surface area (TPSA) is 62.6 Å². The van der Waals surface area contributed by atoms with Crippen molar-refractivity contribution in [3.63, 3.8) is 0 Å². The van der Waals surface area contributed by atoms with Gasteiger partial charge in [-0.1, -0.05) is 29.3 Å². The highest BCUT2D eigenvalue weighted by molar-refractivity contribution is 6.35. The predicted octanol–water partition coefficient (Wildman–Crippen LogP) is 4.35. The van der Waals surface area contributed by atoms with E-state index in [0.29, 0.717) is 40.1 Å². The van der Waals surface area contributed by atoms with Crippen LogP contribution >= 0.6 is 23.2 Å². The van der Waals surface area contributed by atoms with Gasteiger partial charge in [-0.3, -0.25) is 4.79 Å². The first-order valence-corrected chi connectivity index (χ1v) is 9.75. The van der Waals surface area contributed by atoms with Gasteiger partial charge in [0.15, 0.2) is 0 Å². The van der Waals surface area contributed by atoms with E-state index in [1.54, 1.807) is 48.9 Å². The molecule has 2 heterocycles. The molecule has 4 rings (SSSR count). The third kappa shape index (κ3) is 4.46. The molecule has 29 heavy (non-hydrogen) atoms. The van der Waals surface area contributed by atoms with Gasteiger partial charge in [0.25, 0.3) is 0 Å². The van der Waals surface area contributed by atoms with Crippen molar-refractivity contribution in [2.45, 2.75) is 18.4 Å². The SMILES string of the molecule is O=Cc1ccc(OCC2COC(Cn3ccnc3)(c3ccc(Cl)cc3Cl)O2)cc1. The minimum atomic E-state index is -1.09. The molecule has 2 atom stereocenters. The van der Waals surface area contributed by atoms with E-state index in [2.05, 4.69) is 4.98 Å². The molecule has 1 aromatic heterocycles. The first-order chi connectivity index (χ1) is 14.1. The smallest absolute Gasteiger partial charge is 0.215 e. The zero-order valence-electron chi connectivity index (χ0n) is 15.3. The number of benzene rings is 2. The number of carbonyl (C=O) groups excluding carboxylic acids is 1. The minimum absolute atomic E-state index is 0.289. The summed E-state index contributed by atoms with van der Waals surface area (Å²) < 4.78 is 20.1. The van der Waals surface area contributed by atoms with Gasteiger partial charge in [-0.15, -0.1) is 0 Å². The van der Waals surface area contributed by atoms with E-state index in [1.807, 2.05) is 16.8 Å². The van der Waals surface area contributed by atoms with E-state index in [9.17, 15) is 4.79 Å². The van der Waals surface area contributed by atoms with Crippen LogP contribution in [0.25, 0.3) is 0 Å². The molecule has 0 N–H and O–H groups in total. The van der Waals surface area contributed by atoms with Crippen LogP contribution in [-0.4, -0.2) is 35.2 Å². The Balaban J connectivity index is 1.52.